The molecule has 5 rings (SSSR count). The smallest absolute Gasteiger partial charge is 0.410 e. The number of para-hydroxylation sites is 2. The lowest BCUT2D eigenvalue weighted by atomic mass is 9.96. The third-order valence-corrected chi connectivity index (χ3v) is 7.41. The summed E-state index contributed by atoms with van der Waals surface area (Å²) in [5.41, 5.74) is 4.18. The number of amides is 1. The van der Waals surface area contributed by atoms with Gasteiger partial charge >= 0.3 is 6.09 Å². The molecule has 7 heteroatoms. The van der Waals surface area contributed by atoms with Crippen LogP contribution >= 0.6 is 0 Å². The van der Waals surface area contributed by atoms with E-state index in [-0.39, 0.29) is 6.09 Å². The van der Waals surface area contributed by atoms with Crippen molar-refractivity contribution < 1.29 is 9.53 Å². The summed E-state index contributed by atoms with van der Waals surface area (Å²) in [5.74, 6) is 1.66. The molecule has 0 aliphatic carbocycles. The summed E-state index contributed by atoms with van der Waals surface area (Å²) in [4.78, 5) is 24.2. The Balaban J connectivity index is 1.14. The number of fused-ring (bicyclic) bond motifs is 1. The molecule has 0 atom stereocenters. The number of nitrogens with zero attached hydrogens (tertiary/aromatic N) is 5. The maximum atomic E-state index is 12.3. The molecule has 1 aromatic heterocycles. The van der Waals surface area contributed by atoms with Crippen molar-refractivity contribution >= 4 is 22.8 Å². The number of hydrogen-bond acceptors (Lipinski definition) is 5. The zero-order valence-electron chi connectivity index (χ0n) is 22.1. The highest BCUT2D eigenvalue weighted by molar-refractivity contribution is 5.81. The van der Waals surface area contributed by atoms with Crippen molar-refractivity contribution in [2.24, 2.45) is 13.0 Å². The Kier molecular flexibility index (Phi) is 6.93. The molecule has 2 fully saturated rings. The number of piperidine rings is 1. The fourth-order valence-electron chi connectivity index (χ4n) is 5.42. The molecule has 3 aromatic rings. The van der Waals surface area contributed by atoms with Crippen LogP contribution in [-0.2, 0) is 11.8 Å². The van der Waals surface area contributed by atoms with Gasteiger partial charge in [0.15, 0.2) is 0 Å². The molecular formula is C29H39N5O2. The van der Waals surface area contributed by atoms with Gasteiger partial charge < -0.3 is 19.1 Å². The SMILES string of the molecule is Cn1c(-c2cccc(N3CCN(CC4CCN(C(=O)OC(C)(C)C)CC4)CC3)c2)nc2ccccc21. The van der Waals surface area contributed by atoms with E-state index in [1.807, 2.05) is 31.7 Å². The second-order valence-electron chi connectivity index (χ2n) is 11.2. The molecule has 0 bridgehead atoms. The summed E-state index contributed by atoms with van der Waals surface area (Å²) in [6.07, 6.45) is 1.94. The van der Waals surface area contributed by atoms with Crippen LogP contribution in [0.15, 0.2) is 48.5 Å². The molecule has 0 saturated carbocycles. The van der Waals surface area contributed by atoms with Gasteiger partial charge in [0.2, 0.25) is 0 Å². The maximum absolute atomic E-state index is 12.3. The predicted octanol–water partition coefficient (Wildman–Crippen LogP) is 5.01. The Morgan fingerprint density at radius 1 is 0.972 bits per heavy atom. The van der Waals surface area contributed by atoms with E-state index >= 15 is 0 Å². The number of benzene rings is 2. The van der Waals surface area contributed by atoms with E-state index in [2.05, 4.69) is 63.9 Å². The van der Waals surface area contributed by atoms with Gasteiger partial charge in [-0.25, -0.2) is 9.78 Å². The van der Waals surface area contributed by atoms with Gasteiger partial charge in [-0.2, -0.15) is 0 Å². The number of anilines is 1. The molecular weight excluding hydrogens is 450 g/mol. The van der Waals surface area contributed by atoms with Crippen molar-refractivity contribution in [3.63, 3.8) is 0 Å². The molecule has 7 nitrogen and oxygen atoms in total. The first-order valence-corrected chi connectivity index (χ1v) is 13.2. The Morgan fingerprint density at radius 3 is 2.39 bits per heavy atom. The van der Waals surface area contributed by atoms with Crippen LogP contribution in [0.4, 0.5) is 10.5 Å². The first-order valence-electron chi connectivity index (χ1n) is 13.2. The lowest BCUT2D eigenvalue weighted by Crippen LogP contribution is -2.49. The van der Waals surface area contributed by atoms with E-state index in [0.717, 1.165) is 81.1 Å². The third-order valence-electron chi connectivity index (χ3n) is 7.41. The molecule has 192 valence electrons. The van der Waals surface area contributed by atoms with E-state index in [0.29, 0.717) is 5.92 Å². The van der Waals surface area contributed by atoms with Crippen LogP contribution in [0.25, 0.3) is 22.4 Å². The summed E-state index contributed by atoms with van der Waals surface area (Å²) in [6.45, 7) is 12.7. The maximum Gasteiger partial charge on any atom is 0.410 e. The number of likely N-dealkylation sites (tertiary alicyclic amines) is 1. The van der Waals surface area contributed by atoms with Crippen LogP contribution in [0.1, 0.15) is 33.6 Å². The van der Waals surface area contributed by atoms with Crippen molar-refractivity contribution in [2.75, 3.05) is 50.7 Å². The molecule has 0 unspecified atom stereocenters. The highest BCUT2D eigenvalue weighted by Crippen LogP contribution is 2.28. The lowest BCUT2D eigenvalue weighted by molar-refractivity contribution is 0.0169. The number of ether oxygens (including phenoxy) is 1. The van der Waals surface area contributed by atoms with E-state index < -0.39 is 5.60 Å². The average Bonchev–Trinajstić information content (AvgIpc) is 3.20. The molecule has 2 aliphatic rings. The lowest BCUT2D eigenvalue weighted by Gasteiger charge is -2.39. The fraction of sp³-hybridized carbons (Fsp3) is 0.517. The number of carbonyl (C=O) groups excluding carboxylic acids is 1. The van der Waals surface area contributed by atoms with Crippen molar-refractivity contribution in [2.45, 2.75) is 39.2 Å². The number of aromatic nitrogens is 2. The Hall–Kier alpha value is -3.06. The number of aryl methyl sites for hydroxylation is 1. The summed E-state index contributed by atoms with van der Waals surface area (Å²) < 4.78 is 7.72. The highest BCUT2D eigenvalue weighted by atomic mass is 16.6. The standard InChI is InChI=1S/C29H39N5O2/c1-29(2,3)36-28(35)34-14-12-22(13-15-34)21-32-16-18-33(19-17-32)24-9-7-8-23(20-24)27-30-25-10-5-6-11-26(25)31(27)4/h5-11,20,22H,12-19,21H2,1-4H3. The molecule has 36 heavy (non-hydrogen) atoms. The summed E-state index contributed by atoms with van der Waals surface area (Å²) >= 11 is 0. The van der Waals surface area contributed by atoms with Crippen LogP contribution in [0.5, 0.6) is 0 Å². The monoisotopic (exact) mass is 489 g/mol. The van der Waals surface area contributed by atoms with Crippen molar-refractivity contribution in [1.82, 2.24) is 19.4 Å². The predicted molar refractivity (Wildman–Crippen MR) is 145 cm³/mol. The fourth-order valence-corrected chi connectivity index (χ4v) is 5.42. The number of imidazole rings is 1. The average molecular weight is 490 g/mol. The van der Waals surface area contributed by atoms with Crippen molar-refractivity contribution in [3.8, 4) is 11.4 Å². The first-order chi connectivity index (χ1) is 17.3. The Labute approximate surface area is 214 Å². The van der Waals surface area contributed by atoms with Crippen LogP contribution in [0, 0.1) is 5.92 Å². The van der Waals surface area contributed by atoms with Gasteiger partial charge in [0.1, 0.15) is 11.4 Å². The van der Waals surface area contributed by atoms with Gasteiger partial charge in [-0.3, -0.25) is 4.90 Å². The summed E-state index contributed by atoms with van der Waals surface area (Å²) in [5, 5.41) is 0. The van der Waals surface area contributed by atoms with Gasteiger partial charge in [0.05, 0.1) is 11.0 Å². The number of hydrogen-bond donors (Lipinski definition) is 0. The van der Waals surface area contributed by atoms with Gasteiger partial charge in [0.25, 0.3) is 0 Å². The molecule has 0 spiro atoms. The van der Waals surface area contributed by atoms with Crippen LogP contribution in [0.2, 0.25) is 0 Å². The van der Waals surface area contributed by atoms with Gasteiger partial charge in [-0.1, -0.05) is 24.3 Å². The molecule has 2 aliphatic heterocycles. The minimum absolute atomic E-state index is 0.171. The van der Waals surface area contributed by atoms with E-state index in [1.54, 1.807) is 0 Å². The van der Waals surface area contributed by atoms with Crippen LogP contribution in [-0.4, -0.2) is 76.9 Å². The quantitative estimate of drug-likeness (QED) is 0.516. The Bertz CT molecular complexity index is 1200. The molecule has 2 aromatic carbocycles. The second kappa shape index (κ2) is 10.1. The van der Waals surface area contributed by atoms with Gasteiger partial charge in [-0.15, -0.1) is 0 Å². The zero-order chi connectivity index (χ0) is 25.3. The highest BCUT2D eigenvalue weighted by Gasteiger charge is 2.28. The molecule has 0 N–H and O–H groups in total. The van der Waals surface area contributed by atoms with Gasteiger partial charge in [0, 0.05) is 64.1 Å². The topological polar surface area (TPSA) is 53.8 Å². The van der Waals surface area contributed by atoms with E-state index in [1.165, 1.54) is 5.69 Å². The van der Waals surface area contributed by atoms with Crippen molar-refractivity contribution in [1.29, 1.82) is 0 Å². The molecule has 3 heterocycles. The zero-order valence-corrected chi connectivity index (χ0v) is 22.1. The molecule has 1 amide bonds. The summed E-state index contributed by atoms with van der Waals surface area (Å²) in [7, 11) is 2.09. The minimum Gasteiger partial charge on any atom is -0.444 e. The molecule has 0 radical (unpaired) electrons. The van der Waals surface area contributed by atoms with E-state index in [4.69, 9.17) is 9.72 Å². The largest absolute Gasteiger partial charge is 0.444 e. The minimum atomic E-state index is -0.432. The second-order valence-corrected chi connectivity index (χ2v) is 11.2. The number of rotatable bonds is 4. The number of carbonyl (C=O) groups is 1. The first kappa shape index (κ1) is 24.6. The molecule has 2 saturated heterocycles. The normalized spacial score (nSPS) is 18.1. The Morgan fingerprint density at radius 2 is 1.69 bits per heavy atom. The summed E-state index contributed by atoms with van der Waals surface area (Å²) in [6, 6.07) is 17.1. The van der Waals surface area contributed by atoms with Crippen LogP contribution < -0.4 is 4.90 Å². The van der Waals surface area contributed by atoms with Gasteiger partial charge in [-0.05, 0) is 63.8 Å². The van der Waals surface area contributed by atoms with E-state index in [9.17, 15) is 4.79 Å². The van der Waals surface area contributed by atoms with Crippen LogP contribution in [0.3, 0.4) is 0 Å². The number of piperazine rings is 1. The third kappa shape index (κ3) is 5.51. The van der Waals surface area contributed by atoms with Crippen molar-refractivity contribution in [3.05, 3.63) is 48.5 Å².